The molecule has 0 spiro atoms. The van der Waals surface area contributed by atoms with Crippen LogP contribution in [0.1, 0.15) is 24.8 Å². The number of methoxy groups -OCH3 is 1. The van der Waals surface area contributed by atoms with Crippen molar-refractivity contribution < 1.29 is 14.6 Å². The number of rotatable bonds is 8. The first-order valence-corrected chi connectivity index (χ1v) is 7.16. The first-order chi connectivity index (χ1) is 9.61. The van der Waals surface area contributed by atoms with Gasteiger partial charge in [-0.2, -0.15) is 0 Å². The van der Waals surface area contributed by atoms with Gasteiger partial charge in [-0.15, -0.1) is 0 Å². The lowest BCUT2D eigenvalue weighted by atomic mass is 10.1. The maximum Gasteiger partial charge on any atom is 0.305 e. The van der Waals surface area contributed by atoms with Gasteiger partial charge >= 0.3 is 5.97 Å². The normalized spacial score (nSPS) is 15.9. The number of carbonyl (C=O) groups is 1. The van der Waals surface area contributed by atoms with Crippen LogP contribution >= 0.6 is 0 Å². The Morgan fingerprint density at radius 2 is 2.05 bits per heavy atom. The van der Waals surface area contributed by atoms with E-state index in [0.717, 1.165) is 5.69 Å². The van der Waals surface area contributed by atoms with E-state index in [4.69, 9.17) is 9.84 Å². The van der Waals surface area contributed by atoms with E-state index in [1.165, 1.54) is 18.4 Å². The number of aryl methyl sites for hydroxylation is 1. The number of hydrogen-bond donors (Lipinski definition) is 1. The van der Waals surface area contributed by atoms with Crippen LogP contribution in [0.3, 0.4) is 0 Å². The largest absolute Gasteiger partial charge is 0.481 e. The molecule has 1 aromatic carbocycles. The number of nitrogens with zero attached hydrogens (tertiary/aromatic N) is 1. The second-order valence-corrected chi connectivity index (χ2v) is 5.53. The van der Waals surface area contributed by atoms with Gasteiger partial charge in [-0.3, -0.25) is 4.79 Å². The summed E-state index contributed by atoms with van der Waals surface area (Å²) >= 11 is 0. The molecule has 1 aliphatic carbocycles. The van der Waals surface area contributed by atoms with Crippen LogP contribution in [0.25, 0.3) is 0 Å². The van der Waals surface area contributed by atoms with E-state index in [1.807, 2.05) is 0 Å². The molecule has 0 heterocycles. The zero-order valence-electron chi connectivity index (χ0n) is 12.2. The number of carboxylic acids is 1. The Balaban J connectivity index is 2.17. The third-order valence-corrected chi connectivity index (χ3v) is 3.84. The Kier molecular flexibility index (Phi) is 5.01. The lowest BCUT2D eigenvalue weighted by Gasteiger charge is -2.33. The van der Waals surface area contributed by atoms with E-state index >= 15 is 0 Å². The molecular weight excluding hydrogens is 254 g/mol. The van der Waals surface area contributed by atoms with Crippen LogP contribution in [0.5, 0.6) is 0 Å². The van der Waals surface area contributed by atoms with Gasteiger partial charge in [0.2, 0.25) is 0 Å². The first-order valence-electron chi connectivity index (χ1n) is 7.16. The second kappa shape index (κ2) is 6.75. The smallest absolute Gasteiger partial charge is 0.305 e. The first kappa shape index (κ1) is 14.9. The Morgan fingerprint density at radius 1 is 1.40 bits per heavy atom. The quantitative estimate of drug-likeness (QED) is 0.793. The predicted molar refractivity (Wildman–Crippen MR) is 79.2 cm³/mol. The fourth-order valence-corrected chi connectivity index (χ4v) is 2.57. The highest BCUT2D eigenvalue weighted by atomic mass is 16.5. The number of hydrogen-bond acceptors (Lipinski definition) is 3. The van der Waals surface area contributed by atoms with Crippen molar-refractivity contribution >= 4 is 11.7 Å². The zero-order valence-corrected chi connectivity index (χ0v) is 12.2. The lowest BCUT2D eigenvalue weighted by Crippen LogP contribution is -2.41. The summed E-state index contributed by atoms with van der Waals surface area (Å²) < 4.78 is 5.35. The molecule has 20 heavy (non-hydrogen) atoms. The van der Waals surface area contributed by atoms with Crippen LogP contribution in [-0.2, 0) is 9.53 Å². The molecule has 110 valence electrons. The molecule has 1 unspecified atom stereocenters. The molecular formula is C16H23NO3. The molecule has 2 rings (SSSR count). The molecule has 4 nitrogen and oxygen atoms in total. The molecule has 1 aliphatic rings. The monoisotopic (exact) mass is 277 g/mol. The molecule has 0 saturated heterocycles. The van der Waals surface area contributed by atoms with Crippen molar-refractivity contribution in [2.75, 3.05) is 25.2 Å². The third kappa shape index (κ3) is 3.97. The third-order valence-electron chi connectivity index (χ3n) is 3.84. The number of ether oxygens (including phenoxy) is 1. The molecule has 1 fully saturated rings. The zero-order chi connectivity index (χ0) is 14.5. The minimum absolute atomic E-state index is 0.154. The Bertz CT molecular complexity index is 440. The minimum atomic E-state index is -0.755. The molecule has 4 heteroatoms. The molecule has 1 saturated carbocycles. The van der Waals surface area contributed by atoms with E-state index in [-0.39, 0.29) is 12.5 Å². The SMILES string of the molecule is COCC(C1CC1)N(CCC(=O)O)c1ccc(C)cc1. The van der Waals surface area contributed by atoms with Gasteiger partial charge < -0.3 is 14.7 Å². The maximum absolute atomic E-state index is 10.9. The van der Waals surface area contributed by atoms with Gasteiger partial charge in [-0.1, -0.05) is 17.7 Å². The van der Waals surface area contributed by atoms with Crippen molar-refractivity contribution in [2.24, 2.45) is 5.92 Å². The van der Waals surface area contributed by atoms with Gasteiger partial charge in [0, 0.05) is 19.3 Å². The van der Waals surface area contributed by atoms with Crippen LogP contribution in [0.15, 0.2) is 24.3 Å². The van der Waals surface area contributed by atoms with Crippen LogP contribution in [0.2, 0.25) is 0 Å². The number of aliphatic carboxylic acids is 1. The maximum atomic E-state index is 10.9. The molecule has 0 radical (unpaired) electrons. The second-order valence-electron chi connectivity index (χ2n) is 5.53. The van der Waals surface area contributed by atoms with Crippen molar-refractivity contribution in [1.29, 1.82) is 0 Å². The van der Waals surface area contributed by atoms with Crippen molar-refractivity contribution in [2.45, 2.75) is 32.2 Å². The molecule has 1 aromatic rings. The van der Waals surface area contributed by atoms with Crippen molar-refractivity contribution in [3.05, 3.63) is 29.8 Å². The standard InChI is InChI=1S/C16H23NO3/c1-12-3-7-14(8-4-12)17(10-9-16(18)19)15(11-20-2)13-5-6-13/h3-4,7-8,13,15H,5-6,9-11H2,1-2H3,(H,18,19). The number of benzene rings is 1. The van der Waals surface area contributed by atoms with Crippen molar-refractivity contribution in [3.8, 4) is 0 Å². The van der Waals surface area contributed by atoms with E-state index in [0.29, 0.717) is 19.1 Å². The van der Waals surface area contributed by atoms with Gasteiger partial charge in [-0.05, 0) is 37.8 Å². The van der Waals surface area contributed by atoms with Crippen LogP contribution in [0, 0.1) is 12.8 Å². The molecule has 0 aliphatic heterocycles. The number of carboxylic acid groups (broad SMARTS) is 1. The average Bonchev–Trinajstić information content (AvgIpc) is 3.23. The summed E-state index contributed by atoms with van der Waals surface area (Å²) in [4.78, 5) is 13.1. The van der Waals surface area contributed by atoms with Crippen LogP contribution in [0.4, 0.5) is 5.69 Å². The molecule has 0 bridgehead atoms. The average molecular weight is 277 g/mol. The summed E-state index contributed by atoms with van der Waals surface area (Å²) in [6, 6.07) is 8.56. The topological polar surface area (TPSA) is 49.8 Å². The highest BCUT2D eigenvalue weighted by Crippen LogP contribution is 2.37. The van der Waals surface area contributed by atoms with Crippen molar-refractivity contribution in [3.63, 3.8) is 0 Å². The van der Waals surface area contributed by atoms with Gasteiger partial charge in [0.05, 0.1) is 19.1 Å². The summed E-state index contributed by atoms with van der Waals surface area (Å²) in [6.07, 6.45) is 2.58. The molecule has 1 atom stereocenters. The van der Waals surface area contributed by atoms with E-state index < -0.39 is 5.97 Å². The van der Waals surface area contributed by atoms with Gasteiger partial charge in [0.25, 0.3) is 0 Å². The van der Waals surface area contributed by atoms with E-state index in [2.05, 4.69) is 36.1 Å². The van der Waals surface area contributed by atoms with E-state index in [9.17, 15) is 4.79 Å². The van der Waals surface area contributed by atoms with E-state index in [1.54, 1.807) is 7.11 Å². The Hall–Kier alpha value is -1.55. The highest BCUT2D eigenvalue weighted by Gasteiger charge is 2.35. The fraction of sp³-hybridized carbons (Fsp3) is 0.562. The minimum Gasteiger partial charge on any atom is -0.481 e. The summed E-state index contributed by atoms with van der Waals surface area (Å²) in [7, 11) is 1.71. The van der Waals surface area contributed by atoms with Crippen LogP contribution < -0.4 is 4.90 Å². The highest BCUT2D eigenvalue weighted by molar-refractivity contribution is 5.67. The summed E-state index contributed by atoms with van der Waals surface area (Å²) in [5.74, 6) is -0.126. The fourth-order valence-electron chi connectivity index (χ4n) is 2.57. The number of anilines is 1. The van der Waals surface area contributed by atoms with Gasteiger partial charge in [-0.25, -0.2) is 0 Å². The Labute approximate surface area is 120 Å². The summed E-state index contributed by atoms with van der Waals surface area (Å²) in [5, 5.41) is 8.96. The van der Waals surface area contributed by atoms with Gasteiger partial charge in [0.1, 0.15) is 0 Å². The lowest BCUT2D eigenvalue weighted by molar-refractivity contribution is -0.136. The molecule has 0 aromatic heterocycles. The Morgan fingerprint density at radius 3 is 2.55 bits per heavy atom. The summed E-state index contributed by atoms with van der Waals surface area (Å²) in [6.45, 7) is 3.24. The van der Waals surface area contributed by atoms with Crippen molar-refractivity contribution in [1.82, 2.24) is 0 Å². The molecule has 0 amide bonds. The van der Waals surface area contributed by atoms with Gasteiger partial charge in [0.15, 0.2) is 0 Å². The molecule has 1 N–H and O–H groups in total. The van der Waals surface area contributed by atoms with Crippen LogP contribution in [-0.4, -0.2) is 37.4 Å². The predicted octanol–water partition coefficient (Wildman–Crippen LogP) is 2.70. The summed E-state index contributed by atoms with van der Waals surface area (Å²) in [5.41, 5.74) is 2.30.